The Labute approximate surface area is 189 Å². The van der Waals surface area contributed by atoms with Gasteiger partial charge in [-0.3, -0.25) is 4.79 Å². The fourth-order valence-corrected chi connectivity index (χ4v) is 4.93. The van der Waals surface area contributed by atoms with Crippen LogP contribution in [-0.2, 0) is 16.8 Å². The van der Waals surface area contributed by atoms with Crippen molar-refractivity contribution in [3.8, 4) is 0 Å². The van der Waals surface area contributed by atoms with Gasteiger partial charge in [-0.05, 0) is 67.1 Å². The van der Waals surface area contributed by atoms with E-state index in [4.69, 9.17) is 0 Å². The van der Waals surface area contributed by atoms with Crippen molar-refractivity contribution in [3.05, 3.63) is 65.0 Å². The molecule has 1 saturated heterocycles. The summed E-state index contributed by atoms with van der Waals surface area (Å²) in [6, 6.07) is 12.0. The number of amides is 1. The fraction of sp³-hybridized carbons (Fsp3) is 0.500. The average molecular weight is 441 g/mol. The van der Waals surface area contributed by atoms with Gasteiger partial charge in [0, 0.05) is 31.2 Å². The molecule has 2 unspecified atom stereocenters. The van der Waals surface area contributed by atoms with Crippen LogP contribution in [-0.4, -0.2) is 47.2 Å². The molecule has 5 nitrogen and oxygen atoms in total. The van der Waals surface area contributed by atoms with Gasteiger partial charge in [0.2, 0.25) is 5.91 Å². The number of aliphatic hydroxyl groups is 2. The largest absolute Gasteiger partial charge is 0.387 e. The number of likely N-dealkylation sites (tertiary alicyclic amines) is 1. The van der Waals surface area contributed by atoms with Crippen LogP contribution in [0.4, 0.5) is 10.1 Å². The Hall–Kier alpha value is -2.28. The molecule has 172 valence electrons. The van der Waals surface area contributed by atoms with Crippen molar-refractivity contribution >= 4 is 11.6 Å². The lowest BCUT2D eigenvalue weighted by atomic mass is 9.87. The molecule has 0 bridgehead atoms. The number of anilines is 1. The zero-order chi connectivity index (χ0) is 22.9. The number of halogens is 1. The van der Waals surface area contributed by atoms with E-state index in [0.29, 0.717) is 32.5 Å². The van der Waals surface area contributed by atoms with Crippen LogP contribution in [0, 0.1) is 11.7 Å². The Morgan fingerprint density at radius 2 is 1.84 bits per heavy atom. The van der Waals surface area contributed by atoms with Crippen LogP contribution >= 0.6 is 0 Å². The number of β-amino-alcohol motifs (C(OH)–C–C–N with tert-alkyl or cyclic N) is 1. The van der Waals surface area contributed by atoms with Gasteiger partial charge >= 0.3 is 0 Å². The third kappa shape index (κ3) is 4.72. The van der Waals surface area contributed by atoms with E-state index >= 15 is 0 Å². The first-order valence-corrected chi connectivity index (χ1v) is 11.6. The van der Waals surface area contributed by atoms with Crippen molar-refractivity contribution in [1.29, 1.82) is 0 Å². The zero-order valence-electron chi connectivity index (χ0n) is 18.9. The van der Waals surface area contributed by atoms with Gasteiger partial charge in [-0.15, -0.1) is 0 Å². The summed E-state index contributed by atoms with van der Waals surface area (Å²) >= 11 is 0. The molecule has 2 heterocycles. The van der Waals surface area contributed by atoms with Crippen molar-refractivity contribution in [3.63, 3.8) is 0 Å². The van der Waals surface area contributed by atoms with Gasteiger partial charge in [-0.2, -0.15) is 0 Å². The second kappa shape index (κ2) is 9.30. The van der Waals surface area contributed by atoms with E-state index in [1.165, 1.54) is 12.1 Å². The van der Waals surface area contributed by atoms with Gasteiger partial charge in [-0.1, -0.05) is 38.1 Å². The summed E-state index contributed by atoms with van der Waals surface area (Å²) in [5.41, 5.74) is 2.71. The number of fused-ring (bicyclic) bond motifs is 1. The molecule has 1 fully saturated rings. The average Bonchev–Trinajstić information content (AvgIpc) is 3.10. The van der Waals surface area contributed by atoms with E-state index in [0.717, 1.165) is 41.8 Å². The van der Waals surface area contributed by atoms with Crippen LogP contribution in [0.2, 0.25) is 0 Å². The maximum Gasteiger partial charge on any atom is 0.229 e. The lowest BCUT2D eigenvalue weighted by Gasteiger charge is -2.28. The maximum absolute atomic E-state index is 13.3. The van der Waals surface area contributed by atoms with E-state index < -0.39 is 11.7 Å². The van der Waals surface area contributed by atoms with Gasteiger partial charge in [0.1, 0.15) is 5.82 Å². The molecule has 0 saturated carbocycles. The van der Waals surface area contributed by atoms with Gasteiger partial charge in [0.15, 0.2) is 0 Å². The summed E-state index contributed by atoms with van der Waals surface area (Å²) in [5, 5.41) is 22.1. The van der Waals surface area contributed by atoms with Gasteiger partial charge < -0.3 is 20.0 Å². The topological polar surface area (TPSA) is 64.0 Å². The minimum atomic E-state index is -0.965. The lowest BCUT2D eigenvalue weighted by Crippen LogP contribution is -2.32. The number of rotatable bonds is 5. The predicted molar refractivity (Wildman–Crippen MR) is 123 cm³/mol. The van der Waals surface area contributed by atoms with Gasteiger partial charge in [0.25, 0.3) is 0 Å². The van der Waals surface area contributed by atoms with Crippen LogP contribution < -0.4 is 4.90 Å². The zero-order valence-corrected chi connectivity index (χ0v) is 18.9. The Morgan fingerprint density at radius 3 is 2.56 bits per heavy atom. The Bertz CT molecular complexity index is 962. The van der Waals surface area contributed by atoms with E-state index in [-0.39, 0.29) is 17.6 Å². The van der Waals surface area contributed by atoms with E-state index in [1.54, 1.807) is 12.1 Å². The molecule has 0 aliphatic carbocycles. The third-order valence-electron chi connectivity index (χ3n) is 6.86. The molecule has 32 heavy (non-hydrogen) atoms. The summed E-state index contributed by atoms with van der Waals surface area (Å²) in [7, 11) is 0. The van der Waals surface area contributed by atoms with E-state index in [1.807, 2.05) is 36.9 Å². The third-order valence-corrected chi connectivity index (χ3v) is 6.86. The van der Waals surface area contributed by atoms with Gasteiger partial charge in [0.05, 0.1) is 11.7 Å². The van der Waals surface area contributed by atoms with Gasteiger partial charge in [-0.25, -0.2) is 4.39 Å². The molecule has 2 aromatic carbocycles. The first-order valence-electron chi connectivity index (χ1n) is 11.6. The summed E-state index contributed by atoms with van der Waals surface area (Å²) in [4.78, 5) is 16.5. The number of carbonyl (C=O) groups is 1. The van der Waals surface area contributed by atoms with Crippen molar-refractivity contribution in [2.45, 2.75) is 51.2 Å². The number of hydrogen-bond acceptors (Lipinski definition) is 4. The molecular formula is C26H33FN2O3. The summed E-state index contributed by atoms with van der Waals surface area (Å²) in [6.45, 7) is 6.47. The normalized spacial score (nSPS) is 22.6. The predicted octanol–water partition coefficient (Wildman–Crippen LogP) is 3.78. The SMILES string of the molecule is CC(C)C(=O)N1CCc2cc(C(O)CN3CCCC(O)(c4ccc(F)cc4)CC3)ccc21. The molecule has 0 aromatic heterocycles. The molecular weight excluding hydrogens is 407 g/mol. The molecule has 4 rings (SSSR count). The molecule has 1 amide bonds. The molecule has 0 spiro atoms. The van der Waals surface area contributed by atoms with Crippen molar-refractivity contribution < 1.29 is 19.4 Å². The summed E-state index contributed by atoms with van der Waals surface area (Å²) in [5.74, 6) is -0.208. The van der Waals surface area contributed by atoms with Crippen LogP contribution in [0.15, 0.2) is 42.5 Å². The maximum atomic E-state index is 13.3. The van der Waals surface area contributed by atoms with Crippen LogP contribution in [0.3, 0.4) is 0 Å². The summed E-state index contributed by atoms with van der Waals surface area (Å²) in [6.07, 6.45) is 2.14. The van der Waals surface area contributed by atoms with Crippen molar-refractivity contribution in [2.24, 2.45) is 5.92 Å². The number of hydrogen-bond donors (Lipinski definition) is 2. The first-order chi connectivity index (χ1) is 15.3. The molecule has 6 heteroatoms. The minimum Gasteiger partial charge on any atom is -0.387 e. The molecule has 2 aromatic rings. The molecule has 2 aliphatic heterocycles. The second-order valence-corrected chi connectivity index (χ2v) is 9.49. The quantitative estimate of drug-likeness (QED) is 0.743. The highest BCUT2D eigenvalue weighted by Gasteiger charge is 2.33. The van der Waals surface area contributed by atoms with Crippen LogP contribution in [0.25, 0.3) is 0 Å². The highest BCUT2D eigenvalue weighted by molar-refractivity contribution is 5.96. The number of nitrogens with zero attached hydrogens (tertiary/aromatic N) is 2. The number of aliphatic hydroxyl groups excluding tert-OH is 1. The lowest BCUT2D eigenvalue weighted by molar-refractivity contribution is -0.121. The fourth-order valence-electron chi connectivity index (χ4n) is 4.93. The second-order valence-electron chi connectivity index (χ2n) is 9.49. The molecule has 2 aliphatic rings. The highest BCUT2D eigenvalue weighted by atomic mass is 19.1. The molecule has 0 radical (unpaired) electrons. The summed E-state index contributed by atoms with van der Waals surface area (Å²) < 4.78 is 13.3. The Morgan fingerprint density at radius 1 is 1.09 bits per heavy atom. The number of benzene rings is 2. The first kappa shape index (κ1) is 22.9. The smallest absolute Gasteiger partial charge is 0.229 e. The number of carbonyl (C=O) groups excluding carboxylic acids is 1. The standard InChI is InChI=1S/C26H33FN2O3/c1-18(2)25(31)29-14-10-19-16-20(4-9-23(19)29)24(30)17-28-13-3-11-26(32,12-15-28)21-5-7-22(27)8-6-21/h4-9,16,18,24,30,32H,3,10-15,17H2,1-2H3. The molecule has 2 atom stereocenters. The van der Waals surface area contributed by atoms with E-state index in [2.05, 4.69) is 4.90 Å². The van der Waals surface area contributed by atoms with E-state index in [9.17, 15) is 19.4 Å². The Kier molecular flexibility index (Phi) is 6.65. The van der Waals surface area contributed by atoms with Crippen molar-refractivity contribution in [1.82, 2.24) is 4.90 Å². The highest BCUT2D eigenvalue weighted by Crippen LogP contribution is 2.34. The van der Waals surface area contributed by atoms with Crippen LogP contribution in [0.5, 0.6) is 0 Å². The Balaban J connectivity index is 1.40. The minimum absolute atomic E-state index is 0.0391. The monoisotopic (exact) mass is 440 g/mol. The van der Waals surface area contributed by atoms with Crippen LogP contribution in [0.1, 0.15) is 55.9 Å². The molecule has 2 N–H and O–H groups in total. The van der Waals surface area contributed by atoms with Crippen molar-refractivity contribution in [2.75, 3.05) is 31.1 Å².